The summed E-state index contributed by atoms with van der Waals surface area (Å²) in [6.07, 6.45) is 0. The third-order valence-electron chi connectivity index (χ3n) is 5.70. The zero-order chi connectivity index (χ0) is 22.0. The van der Waals surface area contributed by atoms with Gasteiger partial charge < -0.3 is 10.2 Å². The first-order chi connectivity index (χ1) is 15.0. The van der Waals surface area contributed by atoms with Crippen LogP contribution in [-0.2, 0) is 16.1 Å². The summed E-state index contributed by atoms with van der Waals surface area (Å²) in [5.74, 6) is -0.0880. The van der Waals surface area contributed by atoms with Crippen LogP contribution < -0.4 is 5.32 Å². The van der Waals surface area contributed by atoms with Crippen LogP contribution in [0.5, 0.6) is 0 Å². The van der Waals surface area contributed by atoms with Crippen molar-refractivity contribution in [2.75, 3.05) is 26.7 Å². The molecular formula is C23H27N5O2S. The lowest BCUT2D eigenvalue weighted by Crippen LogP contribution is -2.53. The van der Waals surface area contributed by atoms with E-state index in [1.54, 1.807) is 16.2 Å². The van der Waals surface area contributed by atoms with Gasteiger partial charge in [-0.15, -0.1) is 0 Å². The highest BCUT2D eigenvalue weighted by Gasteiger charge is 2.36. The van der Waals surface area contributed by atoms with E-state index in [0.717, 1.165) is 28.2 Å². The molecule has 0 radical (unpaired) electrons. The second-order valence-corrected chi connectivity index (χ2v) is 8.66. The monoisotopic (exact) mass is 437 g/mol. The summed E-state index contributed by atoms with van der Waals surface area (Å²) in [7, 11) is 1.81. The molecule has 162 valence electrons. The van der Waals surface area contributed by atoms with Crippen molar-refractivity contribution >= 4 is 23.2 Å². The summed E-state index contributed by atoms with van der Waals surface area (Å²) in [6, 6.07) is 11.4. The quantitative estimate of drug-likeness (QED) is 0.644. The van der Waals surface area contributed by atoms with E-state index < -0.39 is 6.04 Å². The first-order valence-electron chi connectivity index (χ1n) is 10.3. The number of hydrogen-bond donors (Lipinski definition) is 1. The molecule has 0 aliphatic carbocycles. The molecule has 4 rings (SSSR count). The number of hydrogen-bond acceptors (Lipinski definition) is 5. The van der Waals surface area contributed by atoms with Crippen LogP contribution in [0.3, 0.4) is 0 Å². The Balaban J connectivity index is 1.59. The third kappa shape index (κ3) is 4.40. The fraction of sp³-hybridized carbons (Fsp3) is 0.348. The Kier molecular flexibility index (Phi) is 6.20. The Labute approximate surface area is 186 Å². The molecule has 1 aliphatic heterocycles. The van der Waals surface area contributed by atoms with Gasteiger partial charge in [-0.05, 0) is 48.4 Å². The van der Waals surface area contributed by atoms with Crippen LogP contribution >= 0.6 is 11.3 Å². The molecule has 3 heterocycles. The normalized spacial score (nSPS) is 16.9. The smallest absolute Gasteiger partial charge is 0.242 e. The van der Waals surface area contributed by atoms with Crippen molar-refractivity contribution in [1.29, 1.82) is 0 Å². The number of rotatable bonds is 6. The van der Waals surface area contributed by atoms with Gasteiger partial charge in [-0.1, -0.05) is 18.2 Å². The molecule has 0 saturated carbocycles. The van der Waals surface area contributed by atoms with Gasteiger partial charge in [-0.25, -0.2) is 4.68 Å². The maximum absolute atomic E-state index is 13.0. The third-order valence-corrected chi connectivity index (χ3v) is 6.43. The van der Waals surface area contributed by atoms with E-state index in [2.05, 4.69) is 5.32 Å². The minimum absolute atomic E-state index is 0.00310. The second kappa shape index (κ2) is 9.03. The summed E-state index contributed by atoms with van der Waals surface area (Å²) in [5.41, 5.74) is 4.64. The van der Waals surface area contributed by atoms with Crippen LogP contribution in [0.4, 0.5) is 0 Å². The van der Waals surface area contributed by atoms with Gasteiger partial charge in [0.15, 0.2) is 0 Å². The molecule has 0 unspecified atom stereocenters. The maximum atomic E-state index is 13.0. The molecule has 1 aromatic carbocycles. The largest absolute Gasteiger partial charge is 0.353 e. The van der Waals surface area contributed by atoms with Crippen molar-refractivity contribution in [3.8, 4) is 5.69 Å². The van der Waals surface area contributed by atoms with Gasteiger partial charge in [0.1, 0.15) is 6.04 Å². The van der Waals surface area contributed by atoms with Crippen molar-refractivity contribution in [2.24, 2.45) is 0 Å². The number of nitrogens with one attached hydrogen (secondary N) is 1. The molecule has 0 bridgehead atoms. The average Bonchev–Trinajstić information content (AvgIpc) is 3.37. The first-order valence-corrected chi connectivity index (χ1v) is 11.3. The van der Waals surface area contributed by atoms with Crippen LogP contribution in [0.2, 0.25) is 0 Å². The molecular weight excluding hydrogens is 410 g/mol. The van der Waals surface area contributed by atoms with E-state index in [1.807, 2.05) is 77.6 Å². The molecule has 1 aliphatic rings. The van der Waals surface area contributed by atoms with Crippen LogP contribution in [0.15, 0.2) is 47.2 Å². The summed E-state index contributed by atoms with van der Waals surface area (Å²) in [6.45, 7) is 5.80. The Hall–Kier alpha value is -2.97. The SMILES string of the molecule is Cc1nn(-c2ccccc2)c(C)c1[C@@H]1C(=O)NCCN1CC(=O)N(C)Cc1ccsc1. The molecule has 31 heavy (non-hydrogen) atoms. The van der Waals surface area contributed by atoms with Gasteiger partial charge >= 0.3 is 0 Å². The maximum Gasteiger partial charge on any atom is 0.242 e. The lowest BCUT2D eigenvalue weighted by atomic mass is 10.00. The zero-order valence-corrected chi connectivity index (χ0v) is 18.9. The van der Waals surface area contributed by atoms with E-state index in [1.165, 1.54) is 0 Å². The fourth-order valence-electron chi connectivity index (χ4n) is 4.11. The average molecular weight is 438 g/mol. The van der Waals surface area contributed by atoms with Gasteiger partial charge in [-0.2, -0.15) is 16.4 Å². The number of para-hydroxylation sites is 1. The van der Waals surface area contributed by atoms with Crippen LogP contribution in [-0.4, -0.2) is 58.1 Å². The van der Waals surface area contributed by atoms with Crippen molar-refractivity contribution < 1.29 is 9.59 Å². The Bertz CT molecular complexity index is 1060. The number of piperazine rings is 1. The number of aryl methyl sites for hydroxylation is 1. The second-order valence-electron chi connectivity index (χ2n) is 7.88. The van der Waals surface area contributed by atoms with E-state index >= 15 is 0 Å². The number of nitrogens with zero attached hydrogens (tertiary/aromatic N) is 4. The van der Waals surface area contributed by atoms with Gasteiger partial charge in [0, 0.05) is 37.9 Å². The Morgan fingerprint density at radius 2 is 2.03 bits per heavy atom. The highest BCUT2D eigenvalue weighted by Crippen LogP contribution is 2.30. The number of aromatic nitrogens is 2. The summed E-state index contributed by atoms with van der Waals surface area (Å²) in [5, 5.41) is 11.7. The number of benzene rings is 1. The Morgan fingerprint density at radius 1 is 1.26 bits per heavy atom. The molecule has 1 atom stereocenters. The summed E-state index contributed by atoms with van der Waals surface area (Å²) < 4.78 is 1.87. The van der Waals surface area contributed by atoms with Crippen molar-refractivity contribution in [3.05, 3.63) is 69.7 Å². The topological polar surface area (TPSA) is 70.5 Å². The van der Waals surface area contributed by atoms with E-state index in [4.69, 9.17) is 5.10 Å². The van der Waals surface area contributed by atoms with Gasteiger partial charge in [0.2, 0.25) is 11.8 Å². The highest BCUT2D eigenvalue weighted by atomic mass is 32.1. The van der Waals surface area contributed by atoms with E-state index in [-0.39, 0.29) is 18.4 Å². The highest BCUT2D eigenvalue weighted by molar-refractivity contribution is 7.07. The molecule has 3 aromatic rings. The van der Waals surface area contributed by atoms with E-state index in [9.17, 15) is 9.59 Å². The van der Waals surface area contributed by atoms with Crippen molar-refractivity contribution in [1.82, 2.24) is 24.9 Å². The van der Waals surface area contributed by atoms with Gasteiger partial charge in [0.25, 0.3) is 0 Å². The summed E-state index contributed by atoms with van der Waals surface area (Å²) in [4.78, 5) is 29.6. The fourth-order valence-corrected chi connectivity index (χ4v) is 4.77. The minimum Gasteiger partial charge on any atom is -0.353 e. The molecule has 1 fully saturated rings. The van der Waals surface area contributed by atoms with Crippen molar-refractivity contribution in [2.45, 2.75) is 26.4 Å². The number of thiophene rings is 1. The molecule has 2 aromatic heterocycles. The van der Waals surface area contributed by atoms with Gasteiger partial charge in [-0.3, -0.25) is 14.5 Å². The van der Waals surface area contributed by atoms with Crippen LogP contribution in [0, 0.1) is 13.8 Å². The molecule has 1 saturated heterocycles. The number of carbonyl (C=O) groups excluding carboxylic acids is 2. The minimum atomic E-state index is -0.537. The first kappa shape index (κ1) is 21.3. The molecule has 8 heteroatoms. The lowest BCUT2D eigenvalue weighted by Gasteiger charge is -2.35. The summed E-state index contributed by atoms with van der Waals surface area (Å²) >= 11 is 1.62. The predicted molar refractivity (Wildman–Crippen MR) is 121 cm³/mol. The molecule has 7 nitrogen and oxygen atoms in total. The van der Waals surface area contributed by atoms with Crippen LogP contribution in [0.1, 0.15) is 28.6 Å². The number of amides is 2. The Morgan fingerprint density at radius 3 is 2.74 bits per heavy atom. The molecule has 1 N–H and O–H groups in total. The van der Waals surface area contributed by atoms with E-state index in [0.29, 0.717) is 19.6 Å². The zero-order valence-electron chi connectivity index (χ0n) is 18.0. The predicted octanol–water partition coefficient (Wildman–Crippen LogP) is 2.68. The standard InChI is InChI=1S/C23H27N5O2S/c1-16-21(17(2)28(25-16)19-7-5-4-6-8-19)22-23(30)24-10-11-27(22)14-20(29)26(3)13-18-9-12-31-15-18/h4-9,12,15,22H,10-11,13-14H2,1-3H3,(H,24,30)/t22-/m1/s1. The lowest BCUT2D eigenvalue weighted by molar-refractivity contribution is -0.136. The van der Waals surface area contributed by atoms with Crippen LogP contribution in [0.25, 0.3) is 5.69 Å². The number of likely N-dealkylation sites (N-methyl/N-ethyl adjacent to an activating group) is 1. The number of carbonyl (C=O) groups is 2. The molecule has 2 amide bonds. The van der Waals surface area contributed by atoms with Crippen molar-refractivity contribution in [3.63, 3.8) is 0 Å². The molecule has 0 spiro atoms. The van der Waals surface area contributed by atoms with Gasteiger partial charge in [0.05, 0.1) is 17.9 Å².